The van der Waals surface area contributed by atoms with Gasteiger partial charge in [-0.05, 0) is 44.3 Å². The maximum absolute atomic E-state index is 12.8. The molecule has 1 saturated heterocycles. The van der Waals surface area contributed by atoms with E-state index < -0.39 is 11.5 Å². The van der Waals surface area contributed by atoms with Gasteiger partial charge in [-0.3, -0.25) is 9.36 Å². The van der Waals surface area contributed by atoms with Gasteiger partial charge in [0.15, 0.2) is 5.13 Å². The molecular formula is C16H19N3O3S2. The number of aryl methyl sites for hydroxylation is 1. The van der Waals surface area contributed by atoms with Gasteiger partial charge in [0.05, 0.1) is 5.56 Å². The van der Waals surface area contributed by atoms with Crippen molar-refractivity contribution in [3.63, 3.8) is 0 Å². The molecule has 3 heterocycles. The minimum absolute atomic E-state index is 0.333. The van der Waals surface area contributed by atoms with Crippen molar-refractivity contribution in [1.29, 1.82) is 0 Å². The predicted octanol–water partition coefficient (Wildman–Crippen LogP) is 2.63. The second kappa shape index (κ2) is 6.60. The number of hydrogen-bond acceptors (Lipinski definition) is 5. The molecule has 0 unspecified atom stereocenters. The zero-order valence-electron chi connectivity index (χ0n) is 13.5. The molecule has 0 aliphatic carbocycles. The van der Waals surface area contributed by atoms with Crippen molar-refractivity contribution in [2.75, 3.05) is 11.5 Å². The van der Waals surface area contributed by atoms with Crippen LogP contribution in [0.4, 0.5) is 0 Å². The lowest BCUT2D eigenvalue weighted by Gasteiger charge is -2.33. The van der Waals surface area contributed by atoms with E-state index >= 15 is 0 Å². The summed E-state index contributed by atoms with van der Waals surface area (Å²) < 4.78 is 1.92. The highest BCUT2D eigenvalue weighted by molar-refractivity contribution is 7.99. The van der Waals surface area contributed by atoms with Crippen molar-refractivity contribution < 1.29 is 14.7 Å². The summed E-state index contributed by atoms with van der Waals surface area (Å²) >= 11 is 3.21. The number of hydrogen-bond donors (Lipinski definition) is 2. The van der Waals surface area contributed by atoms with E-state index in [9.17, 15) is 14.7 Å². The van der Waals surface area contributed by atoms with E-state index in [0.29, 0.717) is 18.4 Å². The van der Waals surface area contributed by atoms with Gasteiger partial charge in [0.25, 0.3) is 5.91 Å². The number of nitrogens with zero attached hydrogens (tertiary/aromatic N) is 2. The Morgan fingerprint density at radius 2 is 2.04 bits per heavy atom. The summed E-state index contributed by atoms with van der Waals surface area (Å²) in [5.74, 6) is 0.195. The molecule has 1 amide bonds. The van der Waals surface area contributed by atoms with Crippen LogP contribution in [0.1, 0.15) is 34.6 Å². The Hall–Kier alpha value is -1.80. The fourth-order valence-electron chi connectivity index (χ4n) is 3.01. The Morgan fingerprint density at radius 1 is 1.33 bits per heavy atom. The maximum Gasteiger partial charge on any atom is 0.329 e. The second-order valence-electron chi connectivity index (χ2n) is 5.89. The maximum atomic E-state index is 12.8. The van der Waals surface area contributed by atoms with E-state index in [1.165, 1.54) is 11.3 Å². The molecule has 0 bridgehead atoms. The fourth-order valence-corrected chi connectivity index (χ4v) is 4.95. The van der Waals surface area contributed by atoms with Crippen LogP contribution < -0.4 is 5.32 Å². The van der Waals surface area contributed by atoms with Crippen molar-refractivity contribution in [3.8, 4) is 5.13 Å². The molecule has 24 heavy (non-hydrogen) atoms. The highest BCUT2D eigenvalue weighted by Crippen LogP contribution is 2.29. The summed E-state index contributed by atoms with van der Waals surface area (Å²) in [6.07, 6.45) is 2.62. The lowest BCUT2D eigenvalue weighted by Crippen LogP contribution is -2.56. The van der Waals surface area contributed by atoms with E-state index in [4.69, 9.17) is 0 Å². The highest BCUT2D eigenvalue weighted by atomic mass is 32.2. The van der Waals surface area contributed by atoms with Gasteiger partial charge in [-0.1, -0.05) is 0 Å². The number of carbonyl (C=O) groups is 2. The van der Waals surface area contributed by atoms with E-state index in [-0.39, 0.29) is 5.91 Å². The average Bonchev–Trinajstić information content (AvgIpc) is 3.16. The first-order valence-corrected chi connectivity index (χ1v) is 9.70. The number of carbonyl (C=O) groups excluding carboxylic acids is 1. The summed E-state index contributed by atoms with van der Waals surface area (Å²) in [7, 11) is 0. The van der Waals surface area contributed by atoms with Crippen LogP contribution in [0.2, 0.25) is 0 Å². The Bertz CT molecular complexity index is 762. The molecule has 2 N–H and O–H groups in total. The van der Waals surface area contributed by atoms with Gasteiger partial charge >= 0.3 is 5.97 Å². The topological polar surface area (TPSA) is 84.2 Å². The van der Waals surface area contributed by atoms with E-state index in [2.05, 4.69) is 10.3 Å². The summed E-state index contributed by atoms with van der Waals surface area (Å²) in [6.45, 7) is 3.77. The first-order valence-electron chi connectivity index (χ1n) is 7.67. The number of rotatable bonds is 4. The standard InChI is InChI=1S/C16H19N3O3S2/c1-10-9-12(11(2)19(10)15-17-5-8-24-15)13(20)18-16(14(21)22)3-6-23-7-4-16/h5,8-9H,3-4,6-7H2,1-2H3,(H,18,20)(H,21,22). The van der Waals surface area contributed by atoms with E-state index in [1.54, 1.807) is 24.0 Å². The number of aromatic nitrogens is 2. The number of thiazole rings is 1. The quantitative estimate of drug-likeness (QED) is 0.870. The Morgan fingerprint density at radius 3 is 2.62 bits per heavy atom. The van der Waals surface area contributed by atoms with Gasteiger partial charge < -0.3 is 10.4 Å². The fraction of sp³-hybridized carbons (Fsp3) is 0.438. The SMILES string of the molecule is Cc1cc(C(=O)NC2(C(=O)O)CCSCC2)c(C)n1-c1nccs1. The summed E-state index contributed by atoms with van der Waals surface area (Å²) in [6, 6.07) is 1.79. The number of amides is 1. The smallest absolute Gasteiger partial charge is 0.329 e. The molecule has 3 rings (SSSR count). The van der Waals surface area contributed by atoms with Crippen LogP contribution >= 0.6 is 23.1 Å². The Labute approximate surface area is 148 Å². The number of carboxylic acids is 1. The Balaban J connectivity index is 1.90. The van der Waals surface area contributed by atoms with Crippen molar-refractivity contribution in [1.82, 2.24) is 14.9 Å². The van der Waals surface area contributed by atoms with Gasteiger partial charge in [-0.25, -0.2) is 9.78 Å². The van der Waals surface area contributed by atoms with Crippen LogP contribution in [0, 0.1) is 13.8 Å². The summed E-state index contributed by atoms with van der Waals surface area (Å²) in [5, 5.41) is 15.1. The molecule has 128 valence electrons. The van der Waals surface area contributed by atoms with Crippen molar-refractivity contribution in [2.24, 2.45) is 0 Å². The molecule has 0 spiro atoms. The zero-order valence-corrected chi connectivity index (χ0v) is 15.2. The van der Waals surface area contributed by atoms with Gasteiger partial charge in [-0.15, -0.1) is 11.3 Å². The lowest BCUT2D eigenvalue weighted by molar-refractivity contribution is -0.144. The molecule has 6 nitrogen and oxygen atoms in total. The lowest BCUT2D eigenvalue weighted by atomic mass is 9.92. The largest absolute Gasteiger partial charge is 0.480 e. The predicted molar refractivity (Wildman–Crippen MR) is 95.3 cm³/mol. The third-order valence-electron chi connectivity index (χ3n) is 4.39. The number of carboxylic acid groups (broad SMARTS) is 1. The highest BCUT2D eigenvalue weighted by Gasteiger charge is 2.41. The minimum atomic E-state index is -1.16. The molecule has 0 atom stereocenters. The number of thioether (sulfide) groups is 1. The van der Waals surface area contributed by atoms with E-state index in [0.717, 1.165) is 28.0 Å². The van der Waals surface area contributed by atoms with Crippen LogP contribution in [-0.4, -0.2) is 43.6 Å². The van der Waals surface area contributed by atoms with Gasteiger partial charge in [-0.2, -0.15) is 11.8 Å². The molecule has 8 heteroatoms. The van der Waals surface area contributed by atoms with Crippen LogP contribution in [-0.2, 0) is 4.79 Å². The molecule has 2 aromatic heterocycles. The first-order chi connectivity index (χ1) is 11.4. The van der Waals surface area contributed by atoms with Crippen LogP contribution in [0.5, 0.6) is 0 Å². The third kappa shape index (κ3) is 2.95. The second-order valence-corrected chi connectivity index (χ2v) is 7.99. The molecule has 1 fully saturated rings. The minimum Gasteiger partial charge on any atom is -0.480 e. The zero-order chi connectivity index (χ0) is 17.3. The first kappa shape index (κ1) is 17.0. The summed E-state index contributed by atoms with van der Waals surface area (Å²) in [4.78, 5) is 28.8. The van der Waals surface area contributed by atoms with Crippen LogP contribution in [0.15, 0.2) is 17.6 Å². The normalized spacial score (nSPS) is 16.8. The van der Waals surface area contributed by atoms with Gasteiger partial charge in [0.1, 0.15) is 5.54 Å². The van der Waals surface area contributed by atoms with Crippen molar-refractivity contribution >= 4 is 35.0 Å². The molecule has 1 aliphatic rings. The molecule has 1 aliphatic heterocycles. The van der Waals surface area contributed by atoms with Gasteiger partial charge in [0, 0.05) is 23.0 Å². The van der Waals surface area contributed by atoms with Crippen molar-refractivity contribution in [3.05, 3.63) is 34.6 Å². The van der Waals surface area contributed by atoms with Crippen LogP contribution in [0.3, 0.4) is 0 Å². The third-order valence-corrected chi connectivity index (χ3v) is 6.14. The molecule has 0 saturated carbocycles. The number of aliphatic carboxylic acids is 1. The number of nitrogens with one attached hydrogen (secondary N) is 1. The summed E-state index contributed by atoms with van der Waals surface area (Å²) in [5.41, 5.74) is 1.01. The monoisotopic (exact) mass is 365 g/mol. The Kier molecular flexibility index (Phi) is 4.69. The van der Waals surface area contributed by atoms with Gasteiger partial charge in [0.2, 0.25) is 0 Å². The molecule has 2 aromatic rings. The van der Waals surface area contributed by atoms with Crippen LogP contribution in [0.25, 0.3) is 5.13 Å². The molecule has 0 aromatic carbocycles. The molecular weight excluding hydrogens is 346 g/mol. The van der Waals surface area contributed by atoms with E-state index in [1.807, 2.05) is 23.8 Å². The molecule has 0 radical (unpaired) electrons. The average molecular weight is 365 g/mol. The van der Waals surface area contributed by atoms with Crippen molar-refractivity contribution in [2.45, 2.75) is 32.2 Å².